The molecule has 3 rings (SSSR count). The van der Waals surface area contributed by atoms with E-state index >= 15 is 0 Å². The number of anilines is 1. The van der Waals surface area contributed by atoms with E-state index in [2.05, 4.69) is 11.8 Å². The van der Waals surface area contributed by atoms with Gasteiger partial charge in [0.15, 0.2) is 11.6 Å². The molecule has 0 fully saturated rings. The van der Waals surface area contributed by atoms with Gasteiger partial charge in [0.25, 0.3) is 0 Å². The van der Waals surface area contributed by atoms with Gasteiger partial charge in [-0.15, -0.1) is 0 Å². The smallest absolute Gasteiger partial charge is 0.375 e. The highest BCUT2D eigenvalue weighted by atomic mass is 31.2. The number of nitrogens with zero attached hydrogens (tertiary/aromatic N) is 1. The second-order valence-corrected chi connectivity index (χ2v) is 6.90. The van der Waals surface area contributed by atoms with Crippen LogP contribution in [0.4, 0.5) is 5.69 Å². The first kappa shape index (κ1) is 20.0. The average Bonchev–Trinajstić information content (AvgIpc) is 2.58. The Hall–Kier alpha value is -2.31. The summed E-state index contributed by atoms with van der Waals surface area (Å²) in [5.41, 5.74) is 3.00. The topological polar surface area (TPSA) is 115 Å². The molecular weight excluding hydrogens is 357 g/mol. The molecular formula is C18H20NO6P. The van der Waals surface area contributed by atoms with Crippen LogP contribution in [-0.4, -0.2) is 39.8 Å². The van der Waals surface area contributed by atoms with Gasteiger partial charge >= 0.3 is 7.82 Å². The first-order valence-corrected chi connectivity index (χ1v) is 9.52. The Balaban J connectivity index is 0.000000431. The molecule has 2 aromatic rings. The molecule has 8 heteroatoms. The summed E-state index contributed by atoms with van der Waals surface area (Å²) >= 11 is 0. The summed E-state index contributed by atoms with van der Waals surface area (Å²) in [6.45, 7) is 3.03. The van der Waals surface area contributed by atoms with Crippen LogP contribution < -0.4 is 4.90 Å². The van der Waals surface area contributed by atoms with Crippen molar-refractivity contribution in [2.45, 2.75) is 13.3 Å². The Morgan fingerprint density at radius 3 is 1.85 bits per heavy atom. The van der Waals surface area contributed by atoms with Gasteiger partial charge in [0, 0.05) is 41.5 Å². The van der Waals surface area contributed by atoms with Crippen LogP contribution in [0.2, 0.25) is 0 Å². The van der Waals surface area contributed by atoms with E-state index in [4.69, 9.17) is 19.2 Å². The van der Waals surface area contributed by atoms with Gasteiger partial charge in [-0.3, -0.25) is 9.59 Å². The molecule has 2 aromatic carbocycles. The molecule has 0 bridgehead atoms. The van der Waals surface area contributed by atoms with Crippen LogP contribution in [0.5, 0.6) is 0 Å². The van der Waals surface area contributed by atoms with Crippen LogP contribution in [0.25, 0.3) is 0 Å². The molecule has 7 nitrogen and oxygen atoms in total. The number of fused-ring (bicyclic) bond motifs is 2. The third kappa shape index (κ3) is 4.65. The first-order chi connectivity index (χ1) is 12.1. The number of phosphoric acid groups is 1. The molecule has 0 aliphatic heterocycles. The van der Waals surface area contributed by atoms with Crippen molar-refractivity contribution in [2.24, 2.45) is 0 Å². The lowest BCUT2D eigenvalue weighted by molar-refractivity contribution is 0.0979. The summed E-state index contributed by atoms with van der Waals surface area (Å²) in [5.74, 6) is -0.128. The van der Waals surface area contributed by atoms with Crippen molar-refractivity contribution in [3.8, 4) is 0 Å². The number of hydrogen-bond acceptors (Lipinski definition) is 4. The molecule has 0 heterocycles. The van der Waals surface area contributed by atoms with E-state index in [0.717, 1.165) is 18.7 Å². The van der Waals surface area contributed by atoms with Crippen LogP contribution in [0.1, 0.15) is 45.2 Å². The van der Waals surface area contributed by atoms with Gasteiger partial charge in [-0.2, -0.15) is 0 Å². The van der Waals surface area contributed by atoms with Gasteiger partial charge in [-0.05, 0) is 24.6 Å². The van der Waals surface area contributed by atoms with E-state index < -0.39 is 7.82 Å². The van der Waals surface area contributed by atoms with E-state index in [9.17, 15) is 9.59 Å². The zero-order valence-corrected chi connectivity index (χ0v) is 15.3. The Kier molecular flexibility index (Phi) is 6.10. The third-order valence-corrected chi connectivity index (χ3v) is 3.91. The van der Waals surface area contributed by atoms with Crippen LogP contribution in [0.15, 0.2) is 42.5 Å². The minimum absolute atomic E-state index is 0.0630. The minimum atomic E-state index is -4.64. The van der Waals surface area contributed by atoms with Gasteiger partial charge in [0.1, 0.15) is 0 Å². The van der Waals surface area contributed by atoms with Gasteiger partial charge in [0.05, 0.1) is 0 Å². The summed E-state index contributed by atoms with van der Waals surface area (Å²) < 4.78 is 8.88. The second kappa shape index (κ2) is 7.93. The van der Waals surface area contributed by atoms with E-state index in [-0.39, 0.29) is 11.6 Å². The lowest BCUT2D eigenvalue weighted by Gasteiger charge is -2.22. The predicted molar refractivity (Wildman–Crippen MR) is 97.6 cm³/mol. The van der Waals surface area contributed by atoms with Crippen molar-refractivity contribution >= 4 is 25.1 Å². The van der Waals surface area contributed by atoms with Gasteiger partial charge in [-0.1, -0.05) is 31.2 Å². The van der Waals surface area contributed by atoms with E-state index in [1.165, 1.54) is 0 Å². The Bertz CT molecular complexity index is 881. The SMILES string of the molecule is CCCN(C)c1ccc2c(c1)C(=O)c1ccccc1C2=O.O=P(O)(O)O. The summed E-state index contributed by atoms with van der Waals surface area (Å²) in [6.07, 6.45) is 1.03. The fraction of sp³-hybridized carbons (Fsp3) is 0.222. The molecule has 26 heavy (non-hydrogen) atoms. The molecule has 0 amide bonds. The molecule has 1 aliphatic carbocycles. The van der Waals surface area contributed by atoms with Crippen molar-refractivity contribution in [1.82, 2.24) is 0 Å². The average molecular weight is 377 g/mol. The van der Waals surface area contributed by atoms with Gasteiger partial charge in [-0.25, -0.2) is 4.57 Å². The van der Waals surface area contributed by atoms with Crippen molar-refractivity contribution in [3.63, 3.8) is 0 Å². The summed E-state index contributed by atoms with van der Waals surface area (Å²) in [7, 11) is -2.64. The minimum Gasteiger partial charge on any atom is -0.375 e. The predicted octanol–water partition coefficient (Wildman–Crippen LogP) is 2.38. The molecule has 3 N–H and O–H groups in total. The number of hydrogen-bond donors (Lipinski definition) is 3. The van der Waals surface area contributed by atoms with Crippen LogP contribution in [-0.2, 0) is 4.57 Å². The van der Waals surface area contributed by atoms with Crippen molar-refractivity contribution < 1.29 is 28.8 Å². The first-order valence-electron chi connectivity index (χ1n) is 7.95. The van der Waals surface area contributed by atoms with Crippen LogP contribution >= 0.6 is 7.82 Å². The van der Waals surface area contributed by atoms with Crippen LogP contribution in [0.3, 0.4) is 0 Å². The van der Waals surface area contributed by atoms with Gasteiger partial charge in [0.2, 0.25) is 0 Å². The third-order valence-electron chi connectivity index (χ3n) is 3.91. The molecule has 0 aromatic heterocycles. The lowest BCUT2D eigenvalue weighted by atomic mass is 9.84. The van der Waals surface area contributed by atoms with Gasteiger partial charge < -0.3 is 19.6 Å². The monoisotopic (exact) mass is 377 g/mol. The molecule has 138 valence electrons. The standard InChI is InChI=1S/C18H17NO2.H3O4P/c1-3-10-19(2)12-8-9-15-16(11-12)18(21)14-7-5-4-6-13(14)17(15)20;1-5(2,3)4/h4-9,11H,3,10H2,1-2H3;(H3,1,2,3,4). The Morgan fingerprint density at radius 2 is 1.35 bits per heavy atom. The summed E-state index contributed by atoms with van der Waals surface area (Å²) in [6, 6.07) is 12.5. The summed E-state index contributed by atoms with van der Waals surface area (Å²) in [4.78, 5) is 48.8. The zero-order chi connectivity index (χ0) is 19.5. The largest absolute Gasteiger partial charge is 0.466 e. The van der Waals surface area contributed by atoms with E-state index in [1.54, 1.807) is 30.3 Å². The number of rotatable bonds is 3. The van der Waals surface area contributed by atoms with Crippen molar-refractivity contribution in [3.05, 3.63) is 64.7 Å². The number of ketones is 2. The number of carbonyl (C=O) groups is 2. The molecule has 0 saturated heterocycles. The maximum atomic E-state index is 12.6. The molecule has 0 atom stereocenters. The molecule has 0 radical (unpaired) electrons. The highest BCUT2D eigenvalue weighted by molar-refractivity contribution is 7.45. The quantitative estimate of drug-likeness (QED) is 0.600. The Morgan fingerprint density at radius 1 is 0.885 bits per heavy atom. The van der Waals surface area contributed by atoms with E-state index in [1.807, 2.05) is 19.2 Å². The maximum absolute atomic E-state index is 12.6. The van der Waals surface area contributed by atoms with Crippen molar-refractivity contribution in [2.75, 3.05) is 18.5 Å². The summed E-state index contributed by atoms with van der Waals surface area (Å²) in [5, 5.41) is 0. The normalized spacial score (nSPS) is 12.7. The zero-order valence-electron chi connectivity index (χ0n) is 14.4. The Labute approximate surface area is 151 Å². The lowest BCUT2D eigenvalue weighted by Crippen LogP contribution is -2.23. The fourth-order valence-electron chi connectivity index (χ4n) is 2.79. The fourth-order valence-corrected chi connectivity index (χ4v) is 2.79. The van der Waals surface area contributed by atoms with E-state index in [0.29, 0.717) is 22.3 Å². The number of carbonyl (C=O) groups excluding carboxylic acids is 2. The van der Waals surface area contributed by atoms with Crippen LogP contribution in [0, 0.1) is 0 Å². The second-order valence-electron chi connectivity index (χ2n) is 5.87. The maximum Gasteiger partial charge on any atom is 0.466 e. The molecule has 0 unspecified atom stereocenters. The molecule has 1 aliphatic rings. The highest BCUT2D eigenvalue weighted by Crippen LogP contribution is 2.30. The number of benzene rings is 2. The molecule has 0 spiro atoms. The highest BCUT2D eigenvalue weighted by Gasteiger charge is 2.29. The van der Waals surface area contributed by atoms with Crippen molar-refractivity contribution in [1.29, 1.82) is 0 Å². The molecule has 0 saturated carbocycles.